The van der Waals surface area contributed by atoms with E-state index in [2.05, 4.69) is 53.7 Å². The average Bonchev–Trinajstić information content (AvgIpc) is 2.96. The van der Waals surface area contributed by atoms with Crippen LogP contribution in [-0.4, -0.2) is 15.0 Å². The number of anilines is 3. The van der Waals surface area contributed by atoms with Gasteiger partial charge in [0.25, 0.3) is 0 Å². The van der Waals surface area contributed by atoms with E-state index in [0.717, 1.165) is 23.2 Å². The molecule has 136 valence electrons. The van der Waals surface area contributed by atoms with Crippen molar-refractivity contribution in [2.24, 2.45) is 11.3 Å². The summed E-state index contributed by atoms with van der Waals surface area (Å²) in [7, 11) is 0. The van der Waals surface area contributed by atoms with Crippen molar-refractivity contribution in [1.82, 2.24) is 15.0 Å². The van der Waals surface area contributed by atoms with Crippen molar-refractivity contribution in [1.29, 1.82) is 0 Å². The Morgan fingerprint density at radius 2 is 1.77 bits per heavy atom. The van der Waals surface area contributed by atoms with Crippen LogP contribution < -0.4 is 10.2 Å². The van der Waals surface area contributed by atoms with E-state index in [1.54, 1.807) is 12.4 Å². The average molecular weight is 349 g/mol. The summed E-state index contributed by atoms with van der Waals surface area (Å²) in [6.45, 7) is 11.2. The molecule has 0 saturated heterocycles. The van der Waals surface area contributed by atoms with Crippen molar-refractivity contribution in [3.63, 3.8) is 0 Å². The number of fused-ring (bicyclic) bond motifs is 1. The molecule has 0 spiro atoms. The van der Waals surface area contributed by atoms with Gasteiger partial charge in [0.1, 0.15) is 5.82 Å². The van der Waals surface area contributed by atoms with Gasteiger partial charge in [-0.15, -0.1) is 0 Å². The molecular formula is C21H27N5. The van der Waals surface area contributed by atoms with E-state index in [1.165, 1.54) is 31.2 Å². The number of hydrogen-bond donors (Lipinski definition) is 1. The van der Waals surface area contributed by atoms with Gasteiger partial charge in [0, 0.05) is 18.6 Å². The molecule has 3 heterocycles. The SMILES string of the molecule is C=C1Nc2ncc(C3CCC(C(C)(C)C)CC3)cc2N1c1ncccn1. The van der Waals surface area contributed by atoms with Crippen LogP contribution in [0.15, 0.2) is 43.1 Å². The molecule has 1 fully saturated rings. The molecule has 1 N–H and O–H groups in total. The molecular weight excluding hydrogens is 322 g/mol. The quantitative estimate of drug-likeness (QED) is 0.805. The summed E-state index contributed by atoms with van der Waals surface area (Å²) in [5.41, 5.74) is 2.72. The molecule has 26 heavy (non-hydrogen) atoms. The third-order valence-corrected chi connectivity index (χ3v) is 5.84. The number of aromatic nitrogens is 3. The Morgan fingerprint density at radius 3 is 2.42 bits per heavy atom. The number of rotatable bonds is 2. The summed E-state index contributed by atoms with van der Waals surface area (Å²) in [6, 6.07) is 4.06. The van der Waals surface area contributed by atoms with Crippen molar-refractivity contribution < 1.29 is 0 Å². The second-order valence-corrected chi connectivity index (χ2v) is 8.51. The molecule has 2 aromatic rings. The zero-order valence-corrected chi connectivity index (χ0v) is 15.9. The molecule has 1 aliphatic heterocycles. The molecule has 1 aliphatic carbocycles. The monoisotopic (exact) mass is 349 g/mol. The van der Waals surface area contributed by atoms with Crippen LogP contribution in [0.1, 0.15) is 57.9 Å². The number of nitrogens with one attached hydrogen (secondary N) is 1. The van der Waals surface area contributed by atoms with E-state index >= 15 is 0 Å². The first-order valence-corrected chi connectivity index (χ1v) is 9.46. The minimum absolute atomic E-state index is 0.407. The lowest BCUT2D eigenvalue weighted by Crippen LogP contribution is -2.25. The van der Waals surface area contributed by atoms with Crippen LogP contribution in [-0.2, 0) is 0 Å². The molecule has 0 aromatic carbocycles. The van der Waals surface area contributed by atoms with Crippen LogP contribution in [0.5, 0.6) is 0 Å². The molecule has 1 saturated carbocycles. The van der Waals surface area contributed by atoms with Crippen LogP contribution >= 0.6 is 0 Å². The Hall–Kier alpha value is -2.43. The second-order valence-electron chi connectivity index (χ2n) is 8.51. The molecule has 5 heteroatoms. The standard InChI is InChI=1S/C21H27N5/c1-14-25-19-18(26(14)20-22-10-5-11-23-20)12-16(13-24-19)15-6-8-17(9-7-15)21(2,3)4/h5,10-13,15,17H,1,6-9H2,2-4H3,(H,24,25). The molecule has 5 nitrogen and oxygen atoms in total. The first-order chi connectivity index (χ1) is 12.4. The lowest BCUT2D eigenvalue weighted by molar-refractivity contribution is 0.169. The van der Waals surface area contributed by atoms with Gasteiger partial charge in [0.15, 0.2) is 5.82 Å². The van der Waals surface area contributed by atoms with Gasteiger partial charge in [-0.3, -0.25) is 4.90 Å². The van der Waals surface area contributed by atoms with E-state index in [4.69, 9.17) is 0 Å². The lowest BCUT2D eigenvalue weighted by atomic mass is 9.69. The molecule has 2 aromatic heterocycles. The summed E-state index contributed by atoms with van der Waals surface area (Å²) >= 11 is 0. The van der Waals surface area contributed by atoms with Gasteiger partial charge >= 0.3 is 0 Å². The van der Waals surface area contributed by atoms with Gasteiger partial charge in [-0.2, -0.15) is 0 Å². The lowest BCUT2D eigenvalue weighted by Gasteiger charge is -2.37. The Morgan fingerprint density at radius 1 is 1.08 bits per heavy atom. The highest BCUT2D eigenvalue weighted by molar-refractivity contribution is 5.82. The molecule has 4 rings (SSSR count). The van der Waals surface area contributed by atoms with E-state index in [9.17, 15) is 0 Å². The number of nitrogens with zero attached hydrogens (tertiary/aromatic N) is 4. The van der Waals surface area contributed by atoms with Crippen LogP contribution in [0.3, 0.4) is 0 Å². The van der Waals surface area contributed by atoms with Crippen LogP contribution in [0.4, 0.5) is 17.5 Å². The predicted octanol–water partition coefficient (Wildman–Crippen LogP) is 5.23. The smallest absolute Gasteiger partial charge is 0.235 e. The minimum Gasteiger partial charge on any atom is -0.325 e. The maximum atomic E-state index is 4.66. The maximum absolute atomic E-state index is 4.66. The molecule has 2 aliphatic rings. The van der Waals surface area contributed by atoms with Crippen LogP contribution in [0.25, 0.3) is 0 Å². The van der Waals surface area contributed by atoms with Crippen molar-refractivity contribution in [2.45, 2.75) is 52.4 Å². The highest BCUT2D eigenvalue weighted by Crippen LogP contribution is 2.45. The molecule has 0 atom stereocenters. The zero-order valence-electron chi connectivity index (χ0n) is 15.9. The van der Waals surface area contributed by atoms with E-state index in [-0.39, 0.29) is 0 Å². The Bertz CT molecular complexity index is 801. The third-order valence-electron chi connectivity index (χ3n) is 5.84. The van der Waals surface area contributed by atoms with E-state index in [0.29, 0.717) is 17.3 Å². The van der Waals surface area contributed by atoms with Gasteiger partial charge < -0.3 is 5.32 Å². The summed E-state index contributed by atoms with van der Waals surface area (Å²) in [5, 5.41) is 3.24. The Balaban J connectivity index is 1.58. The fourth-order valence-electron chi connectivity index (χ4n) is 4.22. The summed E-state index contributed by atoms with van der Waals surface area (Å²) in [5.74, 6) is 3.59. The van der Waals surface area contributed by atoms with Gasteiger partial charge in [-0.25, -0.2) is 15.0 Å². The first-order valence-electron chi connectivity index (χ1n) is 9.46. The fourth-order valence-corrected chi connectivity index (χ4v) is 4.22. The zero-order chi connectivity index (χ0) is 18.3. The van der Waals surface area contributed by atoms with Gasteiger partial charge in [0.2, 0.25) is 5.95 Å². The van der Waals surface area contributed by atoms with Gasteiger partial charge in [0.05, 0.1) is 5.69 Å². The Kier molecular flexibility index (Phi) is 4.17. The number of pyridine rings is 1. The maximum Gasteiger partial charge on any atom is 0.235 e. The van der Waals surface area contributed by atoms with Gasteiger partial charge in [-0.1, -0.05) is 27.4 Å². The predicted molar refractivity (Wildman–Crippen MR) is 105 cm³/mol. The molecule has 0 amide bonds. The van der Waals surface area contributed by atoms with E-state index < -0.39 is 0 Å². The first kappa shape index (κ1) is 17.0. The Labute approximate surface area is 155 Å². The summed E-state index contributed by atoms with van der Waals surface area (Å²) in [4.78, 5) is 15.4. The van der Waals surface area contributed by atoms with Crippen molar-refractivity contribution >= 4 is 17.5 Å². The fraction of sp³-hybridized carbons (Fsp3) is 0.476. The highest BCUT2D eigenvalue weighted by Gasteiger charge is 2.32. The number of hydrogen-bond acceptors (Lipinski definition) is 5. The van der Waals surface area contributed by atoms with Crippen molar-refractivity contribution in [2.75, 3.05) is 10.2 Å². The molecule has 0 bridgehead atoms. The molecule has 0 radical (unpaired) electrons. The third kappa shape index (κ3) is 3.06. The largest absolute Gasteiger partial charge is 0.325 e. The van der Waals surface area contributed by atoms with Crippen LogP contribution in [0.2, 0.25) is 0 Å². The summed E-state index contributed by atoms with van der Waals surface area (Å²) in [6.07, 6.45) is 10.6. The van der Waals surface area contributed by atoms with Crippen molar-refractivity contribution in [3.8, 4) is 0 Å². The van der Waals surface area contributed by atoms with Crippen molar-refractivity contribution in [3.05, 3.63) is 48.7 Å². The topological polar surface area (TPSA) is 53.9 Å². The minimum atomic E-state index is 0.407. The summed E-state index contributed by atoms with van der Waals surface area (Å²) < 4.78 is 0. The molecule has 0 unspecified atom stereocenters. The second kappa shape index (κ2) is 6.38. The van der Waals surface area contributed by atoms with Crippen LogP contribution in [0, 0.1) is 11.3 Å². The van der Waals surface area contributed by atoms with Gasteiger partial charge in [-0.05, 0) is 60.6 Å². The normalized spacial score (nSPS) is 22.9. The van der Waals surface area contributed by atoms with E-state index in [1.807, 2.05) is 17.2 Å². The highest BCUT2D eigenvalue weighted by atomic mass is 15.4.